The maximum Gasteiger partial charge on any atom is 0.267 e. The predicted molar refractivity (Wildman–Crippen MR) is 113 cm³/mol. The number of aromatic amines is 1. The van der Waals surface area contributed by atoms with Gasteiger partial charge in [-0.2, -0.15) is 5.10 Å². The zero-order chi connectivity index (χ0) is 21.0. The maximum absolute atomic E-state index is 13.7. The van der Waals surface area contributed by atoms with Crippen LogP contribution in [0.4, 0.5) is 0 Å². The molecule has 1 spiro atoms. The lowest BCUT2D eigenvalue weighted by molar-refractivity contribution is -0.0776. The summed E-state index contributed by atoms with van der Waals surface area (Å²) in [6, 6.07) is 6.96. The number of halogens is 1. The molecule has 154 valence electrons. The summed E-state index contributed by atoms with van der Waals surface area (Å²) in [5.41, 5.74) is 2.39. The Balaban J connectivity index is 1.65. The number of imide groups is 1. The van der Waals surface area contributed by atoms with Gasteiger partial charge in [0.25, 0.3) is 11.8 Å². The molecule has 2 amide bonds. The molecule has 7 nitrogen and oxygen atoms in total. The largest absolute Gasteiger partial charge is 0.466 e. The number of H-pyrrole nitrogens is 1. The summed E-state index contributed by atoms with van der Waals surface area (Å²) in [6.07, 6.45) is 2.63. The molecule has 8 heteroatoms. The van der Waals surface area contributed by atoms with Crippen LogP contribution in [-0.4, -0.2) is 45.7 Å². The summed E-state index contributed by atoms with van der Waals surface area (Å²) in [5, 5.41) is 11.2. The van der Waals surface area contributed by atoms with Crippen molar-refractivity contribution in [3.8, 4) is 5.75 Å². The summed E-state index contributed by atoms with van der Waals surface area (Å²) in [6.45, 7) is 5.23. The third-order valence-electron chi connectivity index (χ3n) is 6.07. The highest BCUT2D eigenvalue weighted by atomic mass is 35.5. The van der Waals surface area contributed by atoms with E-state index in [1.807, 2.05) is 19.9 Å². The third-order valence-corrected chi connectivity index (χ3v) is 6.37. The molecule has 0 aliphatic carbocycles. The SMILES string of the molecule is Cc1cc2c(cc1C)C(=O)N(C(=O)c1cc(Cl)c3[nH]ncc3c1)C1(CCNCC1)O2. The first kappa shape index (κ1) is 19.1. The van der Waals surface area contributed by atoms with E-state index >= 15 is 0 Å². The molecule has 1 saturated heterocycles. The van der Waals surface area contributed by atoms with E-state index in [9.17, 15) is 9.59 Å². The molecule has 3 heterocycles. The molecule has 0 bridgehead atoms. The Labute approximate surface area is 178 Å². The summed E-state index contributed by atoms with van der Waals surface area (Å²) >= 11 is 6.35. The number of hydrogen-bond donors (Lipinski definition) is 2. The second-order valence-electron chi connectivity index (χ2n) is 7.97. The number of carbonyl (C=O) groups excluding carboxylic acids is 2. The molecule has 30 heavy (non-hydrogen) atoms. The van der Waals surface area contributed by atoms with Gasteiger partial charge in [-0.3, -0.25) is 14.7 Å². The van der Waals surface area contributed by atoms with E-state index in [-0.39, 0.29) is 5.91 Å². The number of nitrogens with one attached hydrogen (secondary N) is 2. The lowest BCUT2D eigenvalue weighted by Gasteiger charge is -2.48. The number of aromatic nitrogens is 2. The summed E-state index contributed by atoms with van der Waals surface area (Å²) in [4.78, 5) is 28.6. The highest BCUT2D eigenvalue weighted by molar-refractivity contribution is 6.35. The first-order valence-electron chi connectivity index (χ1n) is 9.92. The number of fused-ring (bicyclic) bond motifs is 2. The molecule has 2 N–H and O–H groups in total. The van der Waals surface area contributed by atoms with Crippen LogP contribution in [0, 0.1) is 13.8 Å². The van der Waals surface area contributed by atoms with E-state index in [0.29, 0.717) is 58.7 Å². The minimum Gasteiger partial charge on any atom is -0.466 e. The molecule has 1 aromatic heterocycles. The van der Waals surface area contributed by atoms with Gasteiger partial charge in [0.2, 0.25) is 0 Å². The standard InChI is InChI=1S/C22H21ClN4O3/c1-12-7-16-18(8-13(12)2)30-22(3-5-24-6-4-22)27(21(16)29)20(28)14-9-15-11-25-26-19(15)17(23)10-14/h7-11,24H,3-6H2,1-2H3,(H,25,26). The van der Waals surface area contributed by atoms with Crippen LogP contribution in [-0.2, 0) is 0 Å². The van der Waals surface area contributed by atoms with Crippen LogP contribution in [0.2, 0.25) is 5.02 Å². The van der Waals surface area contributed by atoms with E-state index in [1.165, 1.54) is 4.90 Å². The van der Waals surface area contributed by atoms with Crippen molar-refractivity contribution in [2.75, 3.05) is 13.1 Å². The second-order valence-corrected chi connectivity index (χ2v) is 8.38. The van der Waals surface area contributed by atoms with E-state index in [0.717, 1.165) is 11.1 Å². The molecule has 3 aromatic rings. The Hall–Kier alpha value is -2.90. The summed E-state index contributed by atoms with van der Waals surface area (Å²) in [7, 11) is 0. The van der Waals surface area contributed by atoms with E-state index in [4.69, 9.17) is 16.3 Å². The molecule has 0 unspecified atom stereocenters. The van der Waals surface area contributed by atoms with Gasteiger partial charge in [-0.05, 0) is 49.2 Å². The van der Waals surface area contributed by atoms with E-state index in [2.05, 4.69) is 15.5 Å². The average molecular weight is 425 g/mol. The lowest BCUT2D eigenvalue weighted by Crippen LogP contribution is -2.64. The van der Waals surface area contributed by atoms with Gasteiger partial charge in [0.05, 0.1) is 22.3 Å². The third kappa shape index (κ3) is 2.80. The molecular formula is C22H21ClN4O3. The highest BCUT2D eigenvalue weighted by Crippen LogP contribution is 2.41. The minimum atomic E-state index is -1.02. The van der Waals surface area contributed by atoms with Crippen molar-refractivity contribution < 1.29 is 14.3 Å². The first-order valence-corrected chi connectivity index (χ1v) is 10.3. The van der Waals surface area contributed by atoms with Gasteiger partial charge in [-0.25, -0.2) is 4.90 Å². The molecule has 0 saturated carbocycles. The molecule has 2 aliphatic rings. The number of benzene rings is 2. The Morgan fingerprint density at radius 3 is 2.67 bits per heavy atom. The van der Waals surface area contributed by atoms with Crippen LogP contribution in [0.15, 0.2) is 30.5 Å². The molecule has 0 atom stereocenters. The van der Waals surface area contributed by atoms with Crippen molar-refractivity contribution in [2.45, 2.75) is 32.4 Å². The van der Waals surface area contributed by atoms with Crippen molar-refractivity contribution in [3.05, 3.63) is 57.7 Å². The number of amides is 2. The summed E-state index contributed by atoms with van der Waals surface area (Å²) < 4.78 is 6.42. The molecule has 2 aliphatic heterocycles. The molecule has 1 fully saturated rings. The summed E-state index contributed by atoms with van der Waals surface area (Å²) in [5.74, 6) is -0.220. The van der Waals surface area contributed by atoms with Gasteiger partial charge < -0.3 is 10.1 Å². The maximum atomic E-state index is 13.7. The molecule has 5 rings (SSSR count). The van der Waals surface area contributed by atoms with Crippen LogP contribution < -0.4 is 10.1 Å². The van der Waals surface area contributed by atoms with Crippen molar-refractivity contribution in [1.82, 2.24) is 20.4 Å². The van der Waals surface area contributed by atoms with Crippen molar-refractivity contribution >= 4 is 34.3 Å². The van der Waals surface area contributed by atoms with Gasteiger partial charge in [0.1, 0.15) is 5.75 Å². The number of aryl methyl sites for hydroxylation is 2. The van der Waals surface area contributed by atoms with Gasteiger partial charge in [-0.15, -0.1) is 0 Å². The zero-order valence-electron chi connectivity index (χ0n) is 16.7. The number of nitrogens with zero attached hydrogens (tertiary/aromatic N) is 2. The quantitative estimate of drug-likeness (QED) is 0.583. The van der Waals surface area contributed by atoms with Crippen LogP contribution in [0.5, 0.6) is 5.75 Å². The van der Waals surface area contributed by atoms with Gasteiger partial charge >= 0.3 is 0 Å². The van der Waals surface area contributed by atoms with Crippen LogP contribution in [0.25, 0.3) is 10.9 Å². The number of carbonyl (C=O) groups is 2. The van der Waals surface area contributed by atoms with Gasteiger partial charge in [0.15, 0.2) is 5.72 Å². The highest BCUT2D eigenvalue weighted by Gasteiger charge is 2.51. The topological polar surface area (TPSA) is 87.3 Å². The Morgan fingerprint density at radius 2 is 1.90 bits per heavy atom. The lowest BCUT2D eigenvalue weighted by atomic mass is 9.93. The number of piperidine rings is 1. The average Bonchev–Trinajstić information content (AvgIpc) is 3.20. The Bertz CT molecular complexity index is 1200. The van der Waals surface area contributed by atoms with Gasteiger partial charge in [0, 0.05) is 36.9 Å². The fourth-order valence-electron chi connectivity index (χ4n) is 4.28. The van der Waals surface area contributed by atoms with Crippen LogP contribution in [0.1, 0.15) is 44.7 Å². The normalized spacial score (nSPS) is 17.8. The fraction of sp³-hybridized carbons (Fsp3) is 0.318. The van der Waals surface area contributed by atoms with E-state index < -0.39 is 11.6 Å². The van der Waals surface area contributed by atoms with Crippen molar-refractivity contribution in [2.24, 2.45) is 0 Å². The van der Waals surface area contributed by atoms with Gasteiger partial charge in [-0.1, -0.05) is 11.6 Å². The minimum absolute atomic E-state index is 0.330. The van der Waals surface area contributed by atoms with Crippen molar-refractivity contribution in [1.29, 1.82) is 0 Å². The molecular weight excluding hydrogens is 404 g/mol. The monoisotopic (exact) mass is 424 g/mol. The Morgan fingerprint density at radius 1 is 1.17 bits per heavy atom. The smallest absolute Gasteiger partial charge is 0.267 e. The molecule has 2 aromatic carbocycles. The predicted octanol–water partition coefficient (Wildman–Crippen LogP) is 3.59. The second kappa shape index (κ2) is 6.82. The Kier molecular flexibility index (Phi) is 4.34. The van der Waals surface area contributed by atoms with Crippen molar-refractivity contribution in [3.63, 3.8) is 0 Å². The number of rotatable bonds is 1. The zero-order valence-corrected chi connectivity index (χ0v) is 17.5. The van der Waals surface area contributed by atoms with Crippen LogP contribution in [0.3, 0.4) is 0 Å². The first-order chi connectivity index (χ1) is 14.4. The van der Waals surface area contributed by atoms with E-state index in [1.54, 1.807) is 24.4 Å². The van der Waals surface area contributed by atoms with Crippen LogP contribution >= 0.6 is 11.6 Å². The fourth-order valence-corrected chi connectivity index (χ4v) is 4.55. The number of ether oxygens (including phenoxy) is 1. The number of hydrogen-bond acceptors (Lipinski definition) is 5. The molecule has 0 radical (unpaired) electrons.